The van der Waals surface area contributed by atoms with E-state index in [-0.39, 0.29) is 5.91 Å². The van der Waals surface area contributed by atoms with Crippen LogP contribution in [-0.4, -0.2) is 28.9 Å². The van der Waals surface area contributed by atoms with Crippen LogP contribution in [0.3, 0.4) is 0 Å². The van der Waals surface area contributed by atoms with Crippen LogP contribution in [0.5, 0.6) is 0 Å². The number of carbonyl (C=O) groups is 1. The molecule has 1 aliphatic rings. The van der Waals surface area contributed by atoms with Gasteiger partial charge in [-0.2, -0.15) is 0 Å². The Kier molecular flexibility index (Phi) is 3.60. The zero-order valence-electron chi connectivity index (χ0n) is 12.3. The van der Waals surface area contributed by atoms with E-state index < -0.39 is 0 Å². The van der Waals surface area contributed by atoms with Crippen molar-refractivity contribution in [3.05, 3.63) is 59.3 Å². The summed E-state index contributed by atoms with van der Waals surface area (Å²) in [6.45, 7) is 4.88. The van der Waals surface area contributed by atoms with Crippen molar-refractivity contribution in [2.24, 2.45) is 0 Å². The number of benzene rings is 1. The van der Waals surface area contributed by atoms with E-state index in [9.17, 15) is 4.79 Å². The molecular weight excluding hydrogens is 264 g/mol. The van der Waals surface area contributed by atoms with Crippen LogP contribution in [0.4, 0.5) is 0 Å². The minimum atomic E-state index is -0.0727. The van der Waals surface area contributed by atoms with Gasteiger partial charge in [0.15, 0.2) is 5.89 Å². The van der Waals surface area contributed by atoms with Crippen LogP contribution in [0.2, 0.25) is 0 Å². The molecule has 0 radical (unpaired) electrons. The largest absolute Gasteiger partial charge is 0.436 e. The first-order valence-electron chi connectivity index (χ1n) is 7.13. The summed E-state index contributed by atoms with van der Waals surface area (Å²) in [5, 5.41) is 0. The lowest BCUT2D eigenvalue weighted by molar-refractivity contribution is 0.0738. The van der Waals surface area contributed by atoms with Gasteiger partial charge in [0.05, 0.1) is 5.69 Å². The van der Waals surface area contributed by atoms with Gasteiger partial charge in [-0.25, -0.2) is 4.98 Å². The van der Waals surface area contributed by atoms with E-state index in [4.69, 9.17) is 4.42 Å². The summed E-state index contributed by atoms with van der Waals surface area (Å²) in [4.78, 5) is 18.4. The maximum absolute atomic E-state index is 12.4. The van der Waals surface area contributed by atoms with E-state index in [0.29, 0.717) is 30.4 Å². The van der Waals surface area contributed by atoms with Gasteiger partial charge in [-0.15, -0.1) is 0 Å². The van der Waals surface area contributed by atoms with Gasteiger partial charge in [-0.05, 0) is 24.5 Å². The molecule has 1 aliphatic heterocycles. The average molecular weight is 282 g/mol. The van der Waals surface area contributed by atoms with Crippen molar-refractivity contribution < 1.29 is 9.21 Å². The zero-order valence-corrected chi connectivity index (χ0v) is 12.3. The van der Waals surface area contributed by atoms with Gasteiger partial charge in [-0.3, -0.25) is 4.79 Å². The van der Waals surface area contributed by atoms with Crippen LogP contribution in [0.1, 0.15) is 34.1 Å². The molecule has 2 heterocycles. The summed E-state index contributed by atoms with van der Waals surface area (Å²) >= 11 is 0. The second-order valence-corrected chi connectivity index (χ2v) is 5.24. The van der Waals surface area contributed by atoms with Gasteiger partial charge in [0, 0.05) is 20.0 Å². The highest BCUT2D eigenvalue weighted by molar-refractivity contribution is 5.93. The SMILES string of the molecule is Cc1nc(C)c(C(=O)N2CC=C(c3ccccc3)CC2)o1. The Labute approximate surface area is 124 Å². The lowest BCUT2D eigenvalue weighted by Gasteiger charge is -2.26. The summed E-state index contributed by atoms with van der Waals surface area (Å²) in [5.41, 5.74) is 3.19. The van der Waals surface area contributed by atoms with E-state index in [1.165, 1.54) is 11.1 Å². The summed E-state index contributed by atoms with van der Waals surface area (Å²) in [6.07, 6.45) is 2.98. The Morgan fingerprint density at radius 2 is 2.00 bits per heavy atom. The van der Waals surface area contributed by atoms with Crippen molar-refractivity contribution in [1.82, 2.24) is 9.88 Å². The van der Waals surface area contributed by atoms with Crippen LogP contribution in [0, 0.1) is 13.8 Å². The van der Waals surface area contributed by atoms with Gasteiger partial charge >= 0.3 is 0 Å². The van der Waals surface area contributed by atoms with Gasteiger partial charge in [0.1, 0.15) is 0 Å². The quantitative estimate of drug-likeness (QED) is 0.849. The highest BCUT2D eigenvalue weighted by atomic mass is 16.4. The highest BCUT2D eigenvalue weighted by Gasteiger charge is 2.24. The predicted molar refractivity (Wildman–Crippen MR) is 80.9 cm³/mol. The molecule has 1 amide bonds. The van der Waals surface area contributed by atoms with E-state index in [1.54, 1.807) is 18.7 Å². The number of aromatic nitrogens is 1. The standard InChI is InChI=1S/C17H18N2O2/c1-12-16(21-13(2)18-12)17(20)19-10-8-15(9-11-19)14-6-4-3-5-7-14/h3-8H,9-11H2,1-2H3. The lowest BCUT2D eigenvalue weighted by atomic mass is 9.99. The molecule has 0 bridgehead atoms. The van der Waals surface area contributed by atoms with Crippen molar-refractivity contribution in [3.8, 4) is 0 Å². The van der Waals surface area contributed by atoms with Gasteiger partial charge < -0.3 is 9.32 Å². The minimum Gasteiger partial charge on any atom is -0.436 e. The number of oxazole rings is 1. The number of rotatable bonds is 2. The third-order valence-corrected chi connectivity index (χ3v) is 3.74. The molecule has 2 aromatic rings. The molecule has 0 spiro atoms. The van der Waals surface area contributed by atoms with Crippen LogP contribution in [0.25, 0.3) is 5.57 Å². The van der Waals surface area contributed by atoms with Crippen molar-refractivity contribution in [1.29, 1.82) is 0 Å². The summed E-state index contributed by atoms with van der Waals surface area (Å²) in [5.74, 6) is 0.828. The monoisotopic (exact) mass is 282 g/mol. The number of hydrogen-bond acceptors (Lipinski definition) is 3. The number of nitrogens with zero attached hydrogens (tertiary/aromatic N) is 2. The molecule has 1 aromatic heterocycles. The zero-order chi connectivity index (χ0) is 14.8. The average Bonchev–Trinajstić information content (AvgIpc) is 2.86. The Balaban J connectivity index is 1.75. The molecule has 0 unspecified atom stereocenters. The maximum Gasteiger partial charge on any atom is 0.291 e. The van der Waals surface area contributed by atoms with Crippen molar-refractivity contribution in [2.45, 2.75) is 20.3 Å². The third kappa shape index (κ3) is 2.75. The minimum absolute atomic E-state index is 0.0727. The molecule has 0 atom stereocenters. The molecule has 0 aliphatic carbocycles. The first-order chi connectivity index (χ1) is 10.1. The molecular formula is C17H18N2O2. The summed E-state index contributed by atoms with van der Waals surface area (Å²) in [7, 11) is 0. The third-order valence-electron chi connectivity index (χ3n) is 3.74. The smallest absolute Gasteiger partial charge is 0.291 e. The first kappa shape index (κ1) is 13.6. The second kappa shape index (κ2) is 5.56. The molecule has 0 N–H and O–H groups in total. The number of aryl methyl sites for hydroxylation is 2. The van der Waals surface area contributed by atoms with Crippen LogP contribution in [-0.2, 0) is 0 Å². The van der Waals surface area contributed by atoms with Crippen molar-refractivity contribution >= 4 is 11.5 Å². The number of amides is 1. The Hall–Kier alpha value is -2.36. The molecule has 4 nitrogen and oxygen atoms in total. The van der Waals surface area contributed by atoms with Crippen LogP contribution >= 0.6 is 0 Å². The van der Waals surface area contributed by atoms with E-state index in [2.05, 4.69) is 23.2 Å². The van der Waals surface area contributed by atoms with Crippen LogP contribution in [0.15, 0.2) is 40.8 Å². The summed E-state index contributed by atoms with van der Waals surface area (Å²) < 4.78 is 5.42. The fourth-order valence-corrected chi connectivity index (χ4v) is 2.64. The Morgan fingerprint density at radius 3 is 2.57 bits per heavy atom. The maximum atomic E-state index is 12.4. The molecule has 0 fully saturated rings. The summed E-state index contributed by atoms with van der Waals surface area (Å²) in [6, 6.07) is 10.3. The molecule has 0 saturated heterocycles. The van der Waals surface area contributed by atoms with E-state index in [1.807, 2.05) is 18.2 Å². The number of hydrogen-bond donors (Lipinski definition) is 0. The Bertz CT molecular complexity index is 686. The van der Waals surface area contributed by atoms with Gasteiger partial charge in [0.2, 0.25) is 5.76 Å². The van der Waals surface area contributed by atoms with Gasteiger partial charge in [0.25, 0.3) is 5.91 Å². The van der Waals surface area contributed by atoms with Crippen LogP contribution < -0.4 is 0 Å². The van der Waals surface area contributed by atoms with E-state index >= 15 is 0 Å². The molecule has 0 saturated carbocycles. The fourth-order valence-electron chi connectivity index (χ4n) is 2.64. The van der Waals surface area contributed by atoms with Crippen molar-refractivity contribution in [3.63, 3.8) is 0 Å². The van der Waals surface area contributed by atoms with E-state index in [0.717, 1.165) is 6.42 Å². The highest BCUT2D eigenvalue weighted by Crippen LogP contribution is 2.23. The Morgan fingerprint density at radius 1 is 1.24 bits per heavy atom. The predicted octanol–water partition coefficient (Wildman–Crippen LogP) is 3.22. The topological polar surface area (TPSA) is 46.3 Å². The lowest BCUT2D eigenvalue weighted by Crippen LogP contribution is -2.34. The van der Waals surface area contributed by atoms with Crippen molar-refractivity contribution in [2.75, 3.05) is 13.1 Å². The number of carbonyl (C=O) groups excluding carboxylic acids is 1. The van der Waals surface area contributed by atoms with Gasteiger partial charge in [-0.1, -0.05) is 36.4 Å². The normalized spacial score (nSPS) is 15.0. The second-order valence-electron chi connectivity index (χ2n) is 5.24. The molecule has 21 heavy (non-hydrogen) atoms. The molecule has 108 valence electrons. The first-order valence-corrected chi connectivity index (χ1v) is 7.13. The fraction of sp³-hybridized carbons (Fsp3) is 0.294. The molecule has 1 aromatic carbocycles. The molecule has 4 heteroatoms. The molecule has 3 rings (SSSR count).